The number of nitrogens with one attached hydrogen (secondary N) is 4. The Hall–Kier alpha value is -3.05. The van der Waals surface area contributed by atoms with Crippen LogP contribution in [0.15, 0.2) is 0 Å². The van der Waals surface area contributed by atoms with E-state index in [1.807, 2.05) is 0 Å². The SMILES string of the molecule is CCCCCCCCCCCCCCNC(=O)CNC(=O)[C@H](CCCCNC(=O)CN(CC[C@H]1O[C@H](CO)[C@H](O)[C@H](O)[C@H]1O)C(=O)C[C@H]1O[C@H](CO)[C@H](O)[C@H](O)[C@H]1O)NC(C)=O. The Bertz CT molecular complexity index is 1310. The molecule has 20 heteroatoms. The molecule has 2 fully saturated rings. The minimum absolute atomic E-state index is 0.107. The first kappa shape index (κ1) is 55.1. The van der Waals surface area contributed by atoms with Crippen molar-refractivity contribution in [3.8, 4) is 0 Å². The molecule has 2 rings (SSSR count). The molecule has 62 heavy (non-hydrogen) atoms. The standard InChI is InChI=1S/C42H77N5O15/c1-3-4-5-6-7-8-9-10-11-12-13-15-19-43-33(51)23-45-42(60)28(46-27(2)50)17-14-16-20-44-34(52)24-47(21-18-29-36(54)40(58)38(56)31(25-48)61-29)35(53)22-30-37(55)41(59)39(57)32(26-49)62-30/h28-32,36-41,48-49,54-59H,3-26H2,1-2H3,(H,43,51)(H,44,52)(H,45,60)(H,46,50)/t28-,29+,30+,31+,32+,36-,37-,38-,39-,40+,41+/m0/s1. The van der Waals surface area contributed by atoms with Gasteiger partial charge in [-0.05, 0) is 32.1 Å². The van der Waals surface area contributed by atoms with E-state index in [2.05, 4.69) is 28.2 Å². The van der Waals surface area contributed by atoms with Crippen LogP contribution in [0.25, 0.3) is 0 Å². The normalized spacial score (nSPS) is 26.6. The molecular formula is C42H77N5O15. The van der Waals surface area contributed by atoms with E-state index in [1.54, 1.807) is 0 Å². The van der Waals surface area contributed by atoms with Crippen LogP contribution in [0.3, 0.4) is 0 Å². The molecule has 2 aliphatic rings. The molecule has 0 unspecified atom stereocenters. The van der Waals surface area contributed by atoms with Gasteiger partial charge in [-0.25, -0.2) is 0 Å². The van der Waals surface area contributed by atoms with Crippen molar-refractivity contribution in [3.63, 3.8) is 0 Å². The van der Waals surface area contributed by atoms with Crippen molar-refractivity contribution < 1.29 is 74.3 Å². The molecule has 0 aliphatic carbocycles. The number of hydrogen-bond acceptors (Lipinski definition) is 15. The molecule has 20 nitrogen and oxygen atoms in total. The molecule has 0 saturated carbocycles. The molecule has 0 radical (unpaired) electrons. The highest BCUT2D eigenvalue weighted by molar-refractivity contribution is 5.90. The summed E-state index contributed by atoms with van der Waals surface area (Å²) in [6.07, 6.45) is -0.284. The number of amides is 5. The number of aliphatic hydroxyl groups excluding tert-OH is 8. The van der Waals surface area contributed by atoms with Gasteiger partial charge in [0.1, 0.15) is 54.9 Å². The second kappa shape index (κ2) is 30.9. The van der Waals surface area contributed by atoms with Crippen LogP contribution in [0.4, 0.5) is 0 Å². The summed E-state index contributed by atoms with van der Waals surface area (Å²) in [5.41, 5.74) is 0. The van der Waals surface area contributed by atoms with Crippen LogP contribution in [0.5, 0.6) is 0 Å². The predicted octanol–water partition coefficient (Wildman–Crippen LogP) is -2.00. The van der Waals surface area contributed by atoms with Gasteiger partial charge in [0.25, 0.3) is 0 Å². The quantitative estimate of drug-likeness (QED) is 0.0335. The number of rotatable bonds is 31. The minimum Gasteiger partial charge on any atom is -0.394 e. The topological polar surface area (TPSA) is 317 Å². The Labute approximate surface area is 365 Å². The highest BCUT2D eigenvalue weighted by Gasteiger charge is 2.45. The summed E-state index contributed by atoms with van der Waals surface area (Å²) in [4.78, 5) is 64.8. The Kier molecular flexibility index (Phi) is 27.5. The molecule has 360 valence electrons. The zero-order valence-electron chi connectivity index (χ0n) is 36.7. The molecule has 0 spiro atoms. The number of carbonyl (C=O) groups excluding carboxylic acids is 5. The van der Waals surface area contributed by atoms with Gasteiger partial charge in [0.05, 0.1) is 44.9 Å². The molecule has 5 amide bonds. The van der Waals surface area contributed by atoms with Gasteiger partial charge in [0.15, 0.2) is 0 Å². The fourth-order valence-corrected chi connectivity index (χ4v) is 7.63. The summed E-state index contributed by atoms with van der Waals surface area (Å²) in [5, 5.41) is 91.4. The summed E-state index contributed by atoms with van der Waals surface area (Å²) < 4.78 is 11.0. The summed E-state index contributed by atoms with van der Waals surface area (Å²) >= 11 is 0. The minimum atomic E-state index is -1.74. The third-order valence-corrected chi connectivity index (χ3v) is 11.4. The highest BCUT2D eigenvalue weighted by Crippen LogP contribution is 2.26. The maximum Gasteiger partial charge on any atom is 0.243 e. The monoisotopic (exact) mass is 892 g/mol. The molecule has 0 aromatic rings. The number of aliphatic hydroxyl groups is 8. The number of hydrogen-bond donors (Lipinski definition) is 12. The Morgan fingerprint density at radius 2 is 1.05 bits per heavy atom. The highest BCUT2D eigenvalue weighted by atomic mass is 16.6. The molecule has 2 aliphatic heterocycles. The van der Waals surface area contributed by atoms with Crippen LogP contribution in [0.2, 0.25) is 0 Å². The summed E-state index contributed by atoms with van der Waals surface area (Å²) in [5.74, 6) is -2.67. The van der Waals surface area contributed by atoms with Gasteiger partial charge < -0.3 is 76.5 Å². The van der Waals surface area contributed by atoms with E-state index >= 15 is 0 Å². The van der Waals surface area contributed by atoms with E-state index < -0.39 is 117 Å². The molecule has 11 atom stereocenters. The van der Waals surface area contributed by atoms with Gasteiger partial charge in [-0.3, -0.25) is 24.0 Å². The molecule has 2 saturated heterocycles. The van der Waals surface area contributed by atoms with Crippen molar-refractivity contribution in [2.45, 2.75) is 190 Å². The van der Waals surface area contributed by atoms with Gasteiger partial charge in [-0.1, -0.05) is 77.6 Å². The predicted molar refractivity (Wildman–Crippen MR) is 225 cm³/mol. The van der Waals surface area contributed by atoms with E-state index in [1.165, 1.54) is 64.7 Å². The fourth-order valence-electron chi connectivity index (χ4n) is 7.63. The molecular weight excluding hydrogens is 814 g/mol. The summed E-state index contributed by atoms with van der Waals surface area (Å²) in [7, 11) is 0. The van der Waals surface area contributed by atoms with E-state index in [-0.39, 0.29) is 38.4 Å². The van der Waals surface area contributed by atoms with Crippen molar-refractivity contribution in [1.82, 2.24) is 26.2 Å². The fraction of sp³-hybridized carbons (Fsp3) is 0.881. The molecule has 12 N–H and O–H groups in total. The lowest BCUT2D eigenvalue weighted by atomic mass is 9.92. The Balaban J connectivity index is 1.82. The van der Waals surface area contributed by atoms with Gasteiger partial charge in [-0.15, -0.1) is 0 Å². The van der Waals surface area contributed by atoms with E-state index in [4.69, 9.17) is 9.47 Å². The number of carbonyl (C=O) groups is 5. The van der Waals surface area contributed by atoms with Crippen LogP contribution >= 0.6 is 0 Å². The Morgan fingerprint density at radius 3 is 1.58 bits per heavy atom. The zero-order chi connectivity index (χ0) is 46.0. The first-order valence-electron chi connectivity index (χ1n) is 22.6. The lowest BCUT2D eigenvalue weighted by Gasteiger charge is -2.41. The summed E-state index contributed by atoms with van der Waals surface area (Å²) in [6, 6.07) is -0.926. The van der Waals surface area contributed by atoms with Crippen molar-refractivity contribution in [3.05, 3.63) is 0 Å². The molecule has 0 aromatic heterocycles. The maximum atomic E-state index is 13.5. The molecule has 0 aromatic carbocycles. The van der Waals surface area contributed by atoms with Crippen molar-refractivity contribution in [1.29, 1.82) is 0 Å². The van der Waals surface area contributed by atoms with Crippen LogP contribution in [0.1, 0.15) is 123 Å². The van der Waals surface area contributed by atoms with Gasteiger partial charge >= 0.3 is 0 Å². The van der Waals surface area contributed by atoms with Crippen LogP contribution in [-0.2, 0) is 33.4 Å². The van der Waals surface area contributed by atoms with Crippen LogP contribution in [0, 0.1) is 0 Å². The lowest BCUT2D eigenvalue weighted by molar-refractivity contribution is -0.232. The zero-order valence-corrected chi connectivity index (χ0v) is 36.7. The average Bonchev–Trinajstić information content (AvgIpc) is 3.24. The third kappa shape index (κ3) is 20.2. The van der Waals surface area contributed by atoms with Crippen molar-refractivity contribution in [2.75, 3.05) is 45.9 Å². The van der Waals surface area contributed by atoms with E-state index in [0.29, 0.717) is 19.4 Å². The number of nitrogens with zero attached hydrogens (tertiary/aromatic N) is 1. The second-order valence-corrected chi connectivity index (χ2v) is 16.6. The Morgan fingerprint density at radius 1 is 0.581 bits per heavy atom. The molecule has 2 heterocycles. The van der Waals surface area contributed by atoms with Gasteiger partial charge in [0, 0.05) is 26.6 Å². The first-order chi connectivity index (χ1) is 29.6. The average molecular weight is 892 g/mol. The maximum absolute atomic E-state index is 13.5. The van der Waals surface area contributed by atoms with E-state index in [0.717, 1.165) is 24.2 Å². The number of unbranched alkanes of at least 4 members (excludes halogenated alkanes) is 12. The third-order valence-electron chi connectivity index (χ3n) is 11.4. The van der Waals surface area contributed by atoms with Gasteiger partial charge in [0.2, 0.25) is 29.5 Å². The smallest absolute Gasteiger partial charge is 0.243 e. The lowest BCUT2D eigenvalue weighted by Crippen LogP contribution is -2.60. The first-order valence-corrected chi connectivity index (χ1v) is 22.6. The van der Waals surface area contributed by atoms with Gasteiger partial charge in [-0.2, -0.15) is 0 Å². The second-order valence-electron chi connectivity index (χ2n) is 16.6. The molecule has 0 bridgehead atoms. The van der Waals surface area contributed by atoms with Crippen molar-refractivity contribution >= 4 is 29.5 Å². The summed E-state index contributed by atoms with van der Waals surface area (Å²) in [6.45, 7) is 1.69. The van der Waals surface area contributed by atoms with E-state index in [9.17, 15) is 64.8 Å². The van der Waals surface area contributed by atoms with Crippen molar-refractivity contribution in [2.24, 2.45) is 0 Å². The van der Waals surface area contributed by atoms with Crippen LogP contribution < -0.4 is 21.3 Å². The number of ether oxygens (including phenoxy) is 2. The van der Waals surface area contributed by atoms with Crippen LogP contribution in [-0.4, -0.2) is 188 Å². The largest absolute Gasteiger partial charge is 0.394 e.